The smallest absolute Gasteiger partial charge is 0.230 e. The highest BCUT2D eigenvalue weighted by atomic mass is 32.2. The maximum Gasteiger partial charge on any atom is 0.230 e. The minimum absolute atomic E-state index is 0.00477. The minimum Gasteiger partial charge on any atom is -0.353 e. The molecule has 0 heterocycles. The van der Waals surface area contributed by atoms with Crippen molar-refractivity contribution in [2.45, 2.75) is 24.8 Å². The summed E-state index contributed by atoms with van der Waals surface area (Å²) in [5.74, 6) is -0.504. The monoisotopic (exact) mass is 252 g/mol. The van der Waals surface area contributed by atoms with Gasteiger partial charge in [-0.05, 0) is 26.0 Å². The molecule has 1 N–H and O–H groups in total. The van der Waals surface area contributed by atoms with Crippen molar-refractivity contribution in [2.75, 3.05) is 5.75 Å². The van der Waals surface area contributed by atoms with Crippen molar-refractivity contribution in [2.24, 2.45) is 0 Å². The van der Waals surface area contributed by atoms with E-state index in [9.17, 15) is 9.18 Å². The lowest BCUT2D eigenvalue weighted by molar-refractivity contribution is -0.119. The first kappa shape index (κ1) is 13.5. The lowest BCUT2D eigenvalue weighted by Gasteiger charge is -2.08. The van der Waals surface area contributed by atoms with Gasteiger partial charge in [0.1, 0.15) is 17.4 Å². The molecule has 17 heavy (non-hydrogen) atoms. The number of nitriles is 1. The number of carbonyl (C=O) groups excluding carboxylic acids is 1. The fraction of sp³-hybridized carbons (Fsp3) is 0.333. The Balaban J connectivity index is 2.67. The number of hydrogen-bond acceptors (Lipinski definition) is 3. The van der Waals surface area contributed by atoms with Crippen molar-refractivity contribution in [3.8, 4) is 6.07 Å². The Kier molecular flexibility index (Phi) is 4.98. The van der Waals surface area contributed by atoms with Crippen molar-refractivity contribution in [1.29, 1.82) is 5.26 Å². The van der Waals surface area contributed by atoms with Gasteiger partial charge >= 0.3 is 0 Å². The zero-order valence-corrected chi connectivity index (χ0v) is 10.5. The van der Waals surface area contributed by atoms with Crippen LogP contribution in [0.1, 0.15) is 19.4 Å². The van der Waals surface area contributed by atoms with Crippen molar-refractivity contribution in [1.82, 2.24) is 5.32 Å². The van der Waals surface area contributed by atoms with Gasteiger partial charge in [0.25, 0.3) is 0 Å². The first-order valence-corrected chi connectivity index (χ1v) is 6.14. The van der Waals surface area contributed by atoms with Crippen LogP contribution < -0.4 is 5.32 Å². The second-order valence-corrected chi connectivity index (χ2v) is 4.75. The molecule has 0 saturated carbocycles. The van der Waals surface area contributed by atoms with Crippen LogP contribution in [-0.4, -0.2) is 17.7 Å². The molecule has 0 unspecified atom stereocenters. The molecule has 0 atom stereocenters. The van der Waals surface area contributed by atoms with E-state index in [1.807, 2.05) is 13.8 Å². The maximum absolute atomic E-state index is 13.2. The summed E-state index contributed by atoms with van der Waals surface area (Å²) in [7, 11) is 0. The van der Waals surface area contributed by atoms with Crippen LogP contribution in [0.2, 0.25) is 0 Å². The van der Waals surface area contributed by atoms with Crippen molar-refractivity contribution < 1.29 is 9.18 Å². The summed E-state index contributed by atoms with van der Waals surface area (Å²) in [5.41, 5.74) is -0.00477. The average molecular weight is 252 g/mol. The maximum atomic E-state index is 13.2. The van der Waals surface area contributed by atoms with Crippen LogP contribution in [0, 0.1) is 17.1 Å². The Morgan fingerprint density at radius 1 is 1.59 bits per heavy atom. The van der Waals surface area contributed by atoms with Crippen LogP contribution in [0.5, 0.6) is 0 Å². The Morgan fingerprint density at radius 3 is 2.88 bits per heavy atom. The molecule has 90 valence electrons. The van der Waals surface area contributed by atoms with Gasteiger partial charge in [-0.15, -0.1) is 11.8 Å². The van der Waals surface area contributed by atoms with Crippen molar-refractivity contribution >= 4 is 17.7 Å². The first-order valence-electron chi connectivity index (χ1n) is 5.15. The zero-order chi connectivity index (χ0) is 12.8. The highest BCUT2D eigenvalue weighted by Gasteiger charge is 2.10. The molecular formula is C12H13FN2OS. The predicted molar refractivity (Wildman–Crippen MR) is 65.1 cm³/mol. The molecule has 1 aromatic rings. The molecule has 1 amide bonds. The van der Waals surface area contributed by atoms with Gasteiger partial charge in [-0.3, -0.25) is 4.79 Å². The second-order valence-electron chi connectivity index (χ2n) is 3.74. The van der Waals surface area contributed by atoms with Gasteiger partial charge in [-0.25, -0.2) is 4.39 Å². The molecule has 0 aromatic heterocycles. The predicted octanol–water partition coefficient (Wildman–Crippen LogP) is 2.31. The number of halogens is 1. The molecule has 0 radical (unpaired) electrons. The van der Waals surface area contributed by atoms with E-state index in [-0.39, 0.29) is 23.3 Å². The number of nitrogens with one attached hydrogen (secondary N) is 1. The van der Waals surface area contributed by atoms with Gasteiger partial charge in [0, 0.05) is 10.9 Å². The van der Waals surface area contributed by atoms with Crippen molar-refractivity contribution in [3.63, 3.8) is 0 Å². The van der Waals surface area contributed by atoms with Gasteiger partial charge in [-0.2, -0.15) is 5.26 Å². The molecular weight excluding hydrogens is 239 g/mol. The van der Waals surface area contributed by atoms with E-state index in [2.05, 4.69) is 5.32 Å². The molecule has 0 aliphatic carbocycles. The Morgan fingerprint density at radius 2 is 2.29 bits per heavy atom. The van der Waals surface area contributed by atoms with Crippen LogP contribution in [0.4, 0.5) is 4.39 Å². The first-order chi connectivity index (χ1) is 8.04. The standard InChI is InChI=1S/C12H13FN2OS/c1-8(2)15-12(16)7-17-11-5-3-4-10(13)9(11)6-14/h3-5,8H,7H2,1-2H3,(H,15,16). The zero-order valence-electron chi connectivity index (χ0n) is 9.66. The lowest BCUT2D eigenvalue weighted by atomic mass is 10.2. The van der Waals surface area contributed by atoms with Crippen LogP contribution >= 0.6 is 11.8 Å². The summed E-state index contributed by atoms with van der Waals surface area (Å²) in [6.07, 6.45) is 0. The van der Waals surface area contributed by atoms with E-state index in [1.165, 1.54) is 12.1 Å². The largest absolute Gasteiger partial charge is 0.353 e. The quantitative estimate of drug-likeness (QED) is 0.837. The number of amides is 1. The highest BCUT2D eigenvalue weighted by Crippen LogP contribution is 2.23. The van der Waals surface area contributed by atoms with Gasteiger partial charge in [0.2, 0.25) is 5.91 Å². The molecule has 0 aliphatic rings. The third-order valence-electron chi connectivity index (χ3n) is 1.90. The van der Waals surface area contributed by atoms with Gasteiger partial charge in [-0.1, -0.05) is 6.07 Å². The normalized spacial score (nSPS) is 10.1. The minimum atomic E-state index is -0.554. The molecule has 0 aliphatic heterocycles. The number of thioether (sulfide) groups is 1. The highest BCUT2D eigenvalue weighted by molar-refractivity contribution is 8.00. The van der Waals surface area contributed by atoms with Crippen molar-refractivity contribution in [3.05, 3.63) is 29.6 Å². The SMILES string of the molecule is CC(C)NC(=O)CSc1cccc(F)c1C#N. The van der Waals surface area contributed by atoms with E-state index in [0.29, 0.717) is 4.90 Å². The summed E-state index contributed by atoms with van der Waals surface area (Å²) >= 11 is 1.16. The summed E-state index contributed by atoms with van der Waals surface area (Å²) in [4.78, 5) is 11.9. The third-order valence-corrected chi connectivity index (χ3v) is 2.95. The molecule has 3 nitrogen and oxygen atoms in total. The van der Waals surface area contributed by atoms with E-state index >= 15 is 0 Å². The fourth-order valence-electron chi connectivity index (χ4n) is 1.24. The Hall–Kier alpha value is -1.54. The van der Waals surface area contributed by atoms with Crippen LogP contribution in [0.25, 0.3) is 0 Å². The summed E-state index contributed by atoms with van der Waals surface area (Å²) in [5, 5.41) is 11.5. The average Bonchev–Trinajstić information content (AvgIpc) is 2.25. The van der Waals surface area contributed by atoms with Gasteiger partial charge < -0.3 is 5.32 Å². The molecule has 0 bridgehead atoms. The number of nitrogens with zero attached hydrogens (tertiary/aromatic N) is 1. The molecule has 0 saturated heterocycles. The topological polar surface area (TPSA) is 52.9 Å². The van der Waals surface area contributed by atoms with Gasteiger partial charge in [0.15, 0.2) is 0 Å². The number of rotatable bonds is 4. The summed E-state index contributed by atoms with van der Waals surface area (Å²) in [6, 6.07) is 6.27. The van der Waals surface area contributed by atoms with Gasteiger partial charge in [0.05, 0.1) is 5.75 Å². The molecule has 5 heteroatoms. The fourth-order valence-corrected chi connectivity index (χ4v) is 2.07. The van der Waals surface area contributed by atoms with Crippen LogP contribution in [0.15, 0.2) is 23.1 Å². The molecule has 0 spiro atoms. The Bertz CT molecular complexity index is 454. The summed E-state index contributed by atoms with van der Waals surface area (Å²) < 4.78 is 13.2. The number of carbonyl (C=O) groups is 1. The van der Waals surface area contributed by atoms with E-state index in [0.717, 1.165) is 11.8 Å². The molecule has 0 fully saturated rings. The third kappa shape index (κ3) is 4.08. The summed E-state index contributed by atoms with van der Waals surface area (Å²) in [6.45, 7) is 3.73. The second kappa shape index (κ2) is 6.26. The molecule has 1 aromatic carbocycles. The number of benzene rings is 1. The Labute approximate surface area is 104 Å². The van der Waals surface area contributed by atoms with E-state index in [4.69, 9.17) is 5.26 Å². The lowest BCUT2D eigenvalue weighted by Crippen LogP contribution is -2.31. The van der Waals surface area contributed by atoms with Crippen LogP contribution in [-0.2, 0) is 4.79 Å². The van der Waals surface area contributed by atoms with Crippen LogP contribution in [0.3, 0.4) is 0 Å². The molecule has 1 rings (SSSR count). The number of hydrogen-bond donors (Lipinski definition) is 1. The van der Waals surface area contributed by atoms with E-state index in [1.54, 1.807) is 12.1 Å². The van der Waals surface area contributed by atoms with E-state index < -0.39 is 5.82 Å².